The van der Waals surface area contributed by atoms with E-state index < -0.39 is 12.0 Å². The van der Waals surface area contributed by atoms with Crippen molar-refractivity contribution < 1.29 is 9.59 Å². The summed E-state index contributed by atoms with van der Waals surface area (Å²) in [6.45, 7) is 2.33. The Labute approximate surface area is 254 Å². The van der Waals surface area contributed by atoms with E-state index in [1.165, 1.54) is 0 Å². The molecule has 8 nitrogen and oxygen atoms in total. The molecule has 4 rings (SSSR count). The number of halogens is 1. The van der Waals surface area contributed by atoms with Crippen LogP contribution >= 0.6 is 12.4 Å². The number of amides is 2. The number of nitrogens with two attached hydrogens (primary N) is 2. The zero-order valence-electron chi connectivity index (χ0n) is 24.0. The van der Waals surface area contributed by atoms with Crippen LogP contribution in [0.15, 0.2) is 72.8 Å². The van der Waals surface area contributed by atoms with Crippen molar-refractivity contribution in [2.45, 2.75) is 64.0 Å². The second-order valence-electron chi connectivity index (χ2n) is 11.0. The minimum Gasteiger partial charge on any atom is -0.384 e. The van der Waals surface area contributed by atoms with Crippen LogP contribution in [0.3, 0.4) is 0 Å². The summed E-state index contributed by atoms with van der Waals surface area (Å²) >= 11 is 0. The third-order valence-corrected chi connectivity index (χ3v) is 7.93. The molecule has 1 aliphatic rings. The molecule has 3 aromatic carbocycles. The quantitative estimate of drug-likeness (QED) is 0.142. The topological polar surface area (TPSA) is 158 Å². The number of nitrogen functional groups attached to an aromatic ring is 2. The van der Waals surface area contributed by atoms with Gasteiger partial charge >= 0.3 is 0 Å². The van der Waals surface area contributed by atoms with Crippen LogP contribution in [0.5, 0.6) is 0 Å². The first-order valence-corrected chi connectivity index (χ1v) is 14.2. The molecule has 0 aromatic heterocycles. The fraction of sp³-hybridized carbons (Fsp3) is 0.333. The maximum absolute atomic E-state index is 14.0. The highest BCUT2D eigenvalue weighted by Crippen LogP contribution is 2.28. The van der Waals surface area contributed by atoms with Crippen molar-refractivity contribution in [2.75, 3.05) is 0 Å². The van der Waals surface area contributed by atoms with Crippen molar-refractivity contribution in [1.29, 1.82) is 10.8 Å². The Bertz CT molecular complexity index is 1370. The van der Waals surface area contributed by atoms with E-state index in [4.69, 9.17) is 22.3 Å². The molecule has 0 aliphatic heterocycles. The average molecular weight is 589 g/mol. The smallest absolute Gasteiger partial charge is 0.243 e. The molecule has 0 bridgehead atoms. The molecule has 222 valence electrons. The predicted molar refractivity (Wildman–Crippen MR) is 170 cm³/mol. The maximum Gasteiger partial charge on any atom is 0.243 e. The Hall–Kier alpha value is -4.17. The summed E-state index contributed by atoms with van der Waals surface area (Å²) < 4.78 is 0. The van der Waals surface area contributed by atoms with E-state index in [0.29, 0.717) is 24.1 Å². The van der Waals surface area contributed by atoms with Crippen molar-refractivity contribution in [3.8, 4) is 0 Å². The van der Waals surface area contributed by atoms with Gasteiger partial charge < -0.3 is 22.1 Å². The van der Waals surface area contributed by atoms with Crippen LogP contribution in [0, 0.1) is 23.7 Å². The van der Waals surface area contributed by atoms with Crippen molar-refractivity contribution in [3.05, 3.63) is 106 Å². The van der Waals surface area contributed by atoms with E-state index in [2.05, 4.69) is 10.6 Å². The molecule has 0 heterocycles. The Morgan fingerprint density at radius 1 is 0.786 bits per heavy atom. The lowest BCUT2D eigenvalue weighted by Crippen LogP contribution is -2.52. The van der Waals surface area contributed by atoms with E-state index in [0.717, 1.165) is 54.4 Å². The standard InChI is InChI=1S/C33H40N6O2.ClH/c1-21-7-13-24(14-8-21)28(19-22-9-15-26(16-10-22)30(34)35)32(40)39-29(25-5-3-2-4-6-25)33(41)38-20-23-11-17-27(18-12-23)31(36)37;/h7-18,25,28-29H,2-6,19-20H2,1H3,(H3,34,35)(H3,36,37)(H,38,41)(H,39,40);1H/t28?,29-;/m0./s1. The molecular formula is C33H41ClN6O2. The Morgan fingerprint density at radius 3 is 1.83 bits per heavy atom. The minimum atomic E-state index is -0.632. The van der Waals surface area contributed by atoms with E-state index in [1.807, 2.05) is 55.5 Å². The molecule has 0 saturated heterocycles. The SMILES string of the molecule is Cc1ccc(C(Cc2ccc(C(=N)N)cc2)C(=O)N[C@H](C(=O)NCc2ccc(C(=N)N)cc2)C2CCCCC2)cc1.Cl. The summed E-state index contributed by atoms with van der Waals surface area (Å²) in [6.07, 6.45) is 5.47. The summed E-state index contributed by atoms with van der Waals surface area (Å²) in [7, 11) is 0. The molecule has 0 spiro atoms. The van der Waals surface area contributed by atoms with E-state index >= 15 is 0 Å². The number of amidine groups is 2. The first-order valence-electron chi connectivity index (χ1n) is 14.2. The summed E-state index contributed by atoms with van der Waals surface area (Å²) in [4.78, 5) is 27.5. The second-order valence-corrected chi connectivity index (χ2v) is 11.0. The van der Waals surface area contributed by atoms with E-state index in [-0.39, 0.29) is 41.8 Å². The fourth-order valence-electron chi connectivity index (χ4n) is 5.44. The van der Waals surface area contributed by atoms with Gasteiger partial charge in [-0.15, -0.1) is 12.4 Å². The Balaban J connectivity index is 0.00000484. The third kappa shape index (κ3) is 8.66. The molecule has 2 atom stereocenters. The Morgan fingerprint density at radius 2 is 1.31 bits per heavy atom. The van der Waals surface area contributed by atoms with Gasteiger partial charge in [-0.1, -0.05) is 97.6 Å². The molecule has 2 amide bonds. The van der Waals surface area contributed by atoms with Gasteiger partial charge in [-0.2, -0.15) is 0 Å². The zero-order chi connectivity index (χ0) is 29.4. The van der Waals surface area contributed by atoms with Crippen molar-refractivity contribution in [1.82, 2.24) is 10.6 Å². The molecule has 1 fully saturated rings. The van der Waals surface area contributed by atoms with Crippen LogP contribution in [-0.4, -0.2) is 29.5 Å². The van der Waals surface area contributed by atoms with Gasteiger partial charge in [0.15, 0.2) is 0 Å². The van der Waals surface area contributed by atoms with Gasteiger partial charge in [0.1, 0.15) is 17.7 Å². The number of rotatable bonds is 11. The normalized spacial score (nSPS) is 14.6. The van der Waals surface area contributed by atoms with Crippen LogP contribution in [0.4, 0.5) is 0 Å². The lowest BCUT2D eigenvalue weighted by molar-refractivity contribution is -0.131. The number of benzene rings is 3. The molecule has 42 heavy (non-hydrogen) atoms. The molecular weight excluding hydrogens is 548 g/mol. The highest BCUT2D eigenvalue weighted by atomic mass is 35.5. The third-order valence-electron chi connectivity index (χ3n) is 7.93. The van der Waals surface area contributed by atoms with Crippen LogP contribution in [0.1, 0.15) is 71.4 Å². The maximum atomic E-state index is 14.0. The van der Waals surface area contributed by atoms with Gasteiger partial charge in [-0.05, 0) is 48.8 Å². The van der Waals surface area contributed by atoms with Gasteiger partial charge in [0.2, 0.25) is 11.8 Å². The summed E-state index contributed by atoms with van der Waals surface area (Å²) in [6, 6.07) is 21.9. The van der Waals surface area contributed by atoms with Gasteiger partial charge in [0, 0.05) is 17.7 Å². The number of carbonyl (C=O) groups excluding carboxylic acids is 2. The average Bonchev–Trinajstić information content (AvgIpc) is 2.98. The number of hydrogen-bond acceptors (Lipinski definition) is 4. The first kappa shape index (κ1) is 32.3. The number of hydrogen-bond donors (Lipinski definition) is 6. The molecule has 9 heteroatoms. The van der Waals surface area contributed by atoms with Crippen LogP contribution < -0.4 is 22.1 Å². The fourth-order valence-corrected chi connectivity index (χ4v) is 5.44. The van der Waals surface area contributed by atoms with Crippen molar-refractivity contribution in [3.63, 3.8) is 0 Å². The molecule has 1 aliphatic carbocycles. The largest absolute Gasteiger partial charge is 0.384 e. The lowest BCUT2D eigenvalue weighted by atomic mass is 9.82. The van der Waals surface area contributed by atoms with E-state index in [1.54, 1.807) is 24.3 Å². The van der Waals surface area contributed by atoms with Crippen molar-refractivity contribution in [2.24, 2.45) is 17.4 Å². The van der Waals surface area contributed by atoms with E-state index in [9.17, 15) is 9.59 Å². The molecule has 1 saturated carbocycles. The lowest BCUT2D eigenvalue weighted by Gasteiger charge is -2.31. The first-order chi connectivity index (χ1) is 19.7. The number of aryl methyl sites for hydroxylation is 1. The number of nitrogens with one attached hydrogen (secondary N) is 4. The second kappa shape index (κ2) is 15.2. The zero-order valence-corrected chi connectivity index (χ0v) is 24.8. The molecule has 1 unspecified atom stereocenters. The predicted octanol–water partition coefficient (Wildman–Crippen LogP) is 4.69. The molecule has 8 N–H and O–H groups in total. The summed E-state index contributed by atoms with van der Waals surface area (Å²) in [5, 5.41) is 21.4. The highest BCUT2D eigenvalue weighted by molar-refractivity contribution is 5.95. The summed E-state index contributed by atoms with van der Waals surface area (Å²) in [5.41, 5.74) is 16.3. The van der Waals surface area contributed by atoms with Crippen LogP contribution in [0.25, 0.3) is 0 Å². The Kier molecular flexibility index (Phi) is 11.7. The number of carbonyl (C=O) groups is 2. The monoisotopic (exact) mass is 588 g/mol. The minimum absolute atomic E-state index is 0. The van der Waals surface area contributed by atoms with Crippen LogP contribution in [-0.2, 0) is 22.6 Å². The van der Waals surface area contributed by atoms with Gasteiger partial charge in [-0.3, -0.25) is 20.4 Å². The summed E-state index contributed by atoms with van der Waals surface area (Å²) in [5.74, 6) is -0.785. The molecule has 0 radical (unpaired) electrons. The van der Waals surface area contributed by atoms with Gasteiger partial charge in [0.25, 0.3) is 0 Å². The van der Waals surface area contributed by atoms with Gasteiger partial charge in [0.05, 0.1) is 5.92 Å². The highest BCUT2D eigenvalue weighted by Gasteiger charge is 2.33. The van der Waals surface area contributed by atoms with Crippen molar-refractivity contribution >= 4 is 35.9 Å². The molecule has 3 aromatic rings. The van der Waals surface area contributed by atoms with Crippen LogP contribution in [0.2, 0.25) is 0 Å². The van der Waals surface area contributed by atoms with Gasteiger partial charge in [-0.25, -0.2) is 0 Å².